The van der Waals surface area contributed by atoms with Crippen LogP contribution in [0.3, 0.4) is 0 Å². The number of aromatic nitrogens is 1. The van der Waals surface area contributed by atoms with Crippen LogP contribution < -0.4 is 10.6 Å². The molecular formula is C16H12ClN3O4S. The molecule has 1 aliphatic rings. The largest absolute Gasteiger partial charge is 0.452 e. The van der Waals surface area contributed by atoms with Gasteiger partial charge in [-0.25, -0.2) is 9.78 Å². The molecule has 128 valence electrons. The van der Waals surface area contributed by atoms with Gasteiger partial charge in [0.25, 0.3) is 5.91 Å². The van der Waals surface area contributed by atoms with E-state index in [1.807, 2.05) is 0 Å². The highest BCUT2D eigenvalue weighted by Gasteiger charge is 2.18. The third-order valence-corrected chi connectivity index (χ3v) is 4.59. The lowest BCUT2D eigenvalue weighted by molar-refractivity contribution is -0.119. The average Bonchev–Trinajstić information content (AvgIpc) is 2.61. The van der Waals surface area contributed by atoms with Gasteiger partial charge in [-0.05, 0) is 30.3 Å². The molecule has 0 fully saturated rings. The summed E-state index contributed by atoms with van der Waals surface area (Å²) in [6.07, 6.45) is 1.49. The van der Waals surface area contributed by atoms with Gasteiger partial charge < -0.3 is 15.4 Å². The molecule has 1 aliphatic heterocycles. The molecule has 0 aliphatic carbocycles. The van der Waals surface area contributed by atoms with Crippen LogP contribution in [0.25, 0.3) is 0 Å². The van der Waals surface area contributed by atoms with E-state index in [2.05, 4.69) is 15.6 Å². The first-order valence-electron chi connectivity index (χ1n) is 7.17. The third-order valence-electron chi connectivity index (χ3n) is 3.22. The van der Waals surface area contributed by atoms with Crippen LogP contribution in [0.2, 0.25) is 5.15 Å². The summed E-state index contributed by atoms with van der Waals surface area (Å²) in [5, 5.41) is 5.34. The van der Waals surface area contributed by atoms with E-state index >= 15 is 0 Å². The fraction of sp³-hybridized carbons (Fsp3) is 0.125. The molecule has 2 N–H and O–H groups in total. The smallest absolute Gasteiger partial charge is 0.338 e. The molecule has 0 saturated heterocycles. The van der Waals surface area contributed by atoms with Crippen LogP contribution in [0.4, 0.5) is 11.4 Å². The molecule has 0 spiro atoms. The molecule has 0 atom stereocenters. The van der Waals surface area contributed by atoms with Crippen LogP contribution in [0.15, 0.2) is 41.4 Å². The number of hydrogen-bond acceptors (Lipinski definition) is 6. The molecule has 25 heavy (non-hydrogen) atoms. The molecule has 1 aromatic heterocycles. The van der Waals surface area contributed by atoms with Crippen molar-refractivity contribution in [1.29, 1.82) is 0 Å². The van der Waals surface area contributed by atoms with Crippen molar-refractivity contribution in [2.75, 3.05) is 23.0 Å². The summed E-state index contributed by atoms with van der Waals surface area (Å²) in [5.74, 6) is -0.991. The monoisotopic (exact) mass is 377 g/mol. The number of hydrogen-bond donors (Lipinski definition) is 2. The second-order valence-electron chi connectivity index (χ2n) is 5.01. The molecule has 9 heteroatoms. The Morgan fingerprint density at radius 3 is 3.00 bits per heavy atom. The van der Waals surface area contributed by atoms with Crippen molar-refractivity contribution in [2.24, 2.45) is 0 Å². The second kappa shape index (κ2) is 7.54. The number of halogens is 1. The maximum absolute atomic E-state index is 12.1. The van der Waals surface area contributed by atoms with E-state index in [0.717, 1.165) is 4.90 Å². The molecule has 2 amide bonds. The lowest BCUT2D eigenvalue weighted by Crippen LogP contribution is -2.22. The van der Waals surface area contributed by atoms with Gasteiger partial charge in [-0.3, -0.25) is 9.59 Å². The fourth-order valence-electron chi connectivity index (χ4n) is 2.09. The summed E-state index contributed by atoms with van der Waals surface area (Å²) in [4.78, 5) is 40.0. The van der Waals surface area contributed by atoms with Crippen molar-refractivity contribution in [3.63, 3.8) is 0 Å². The highest BCUT2D eigenvalue weighted by Crippen LogP contribution is 2.32. The number of nitrogens with one attached hydrogen (secondary N) is 2. The first-order chi connectivity index (χ1) is 12.0. The molecule has 1 aromatic carbocycles. The Morgan fingerprint density at radius 1 is 1.36 bits per heavy atom. The molecule has 0 radical (unpaired) electrons. The minimum absolute atomic E-state index is 0.129. The zero-order chi connectivity index (χ0) is 17.8. The molecule has 3 rings (SSSR count). The van der Waals surface area contributed by atoms with Crippen molar-refractivity contribution in [3.8, 4) is 0 Å². The Kier molecular flexibility index (Phi) is 5.20. The maximum atomic E-state index is 12.1. The van der Waals surface area contributed by atoms with Gasteiger partial charge >= 0.3 is 5.97 Å². The summed E-state index contributed by atoms with van der Waals surface area (Å²) in [6.45, 7) is -0.470. The number of thioether (sulfide) groups is 1. The van der Waals surface area contributed by atoms with Crippen molar-refractivity contribution < 1.29 is 19.1 Å². The van der Waals surface area contributed by atoms with Crippen LogP contribution in [0.1, 0.15) is 10.4 Å². The number of benzene rings is 1. The van der Waals surface area contributed by atoms with Gasteiger partial charge in [0.2, 0.25) is 5.91 Å². The zero-order valence-corrected chi connectivity index (χ0v) is 14.3. The lowest BCUT2D eigenvalue weighted by atomic mass is 10.2. The molecular weight excluding hydrogens is 366 g/mol. The van der Waals surface area contributed by atoms with E-state index in [-0.39, 0.29) is 16.6 Å². The first-order valence-corrected chi connectivity index (χ1v) is 8.53. The summed E-state index contributed by atoms with van der Waals surface area (Å²) >= 11 is 7.23. The number of pyridine rings is 1. The molecule has 0 bridgehead atoms. The van der Waals surface area contributed by atoms with Crippen LogP contribution in [0, 0.1) is 0 Å². The van der Waals surface area contributed by atoms with Crippen molar-refractivity contribution in [3.05, 3.63) is 47.2 Å². The van der Waals surface area contributed by atoms with Crippen LogP contribution in [-0.4, -0.2) is 35.1 Å². The highest BCUT2D eigenvalue weighted by atomic mass is 35.5. The van der Waals surface area contributed by atoms with Crippen LogP contribution in [-0.2, 0) is 14.3 Å². The number of nitrogens with zero attached hydrogens (tertiary/aromatic N) is 1. The van der Waals surface area contributed by atoms with Crippen molar-refractivity contribution in [1.82, 2.24) is 4.98 Å². The molecule has 7 nitrogen and oxygen atoms in total. The van der Waals surface area contributed by atoms with Gasteiger partial charge in [0.05, 0.1) is 22.7 Å². The van der Waals surface area contributed by atoms with E-state index in [9.17, 15) is 14.4 Å². The average molecular weight is 378 g/mol. The topological polar surface area (TPSA) is 97.4 Å². The molecule has 2 heterocycles. The van der Waals surface area contributed by atoms with Crippen molar-refractivity contribution >= 4 is 52.5 Å². The van der Waals surface area contributed by atoms with Gasteiger partial charge in [0.1, 0.15) is 0 Å². The molecule has 0 saturated carbocycles. The van der Waals surface area contributed by atoms with E-state index in [0.29, 0.717) is 17.1 Å². The third kappa shape index (κ3) is 4.28. The number of ether oxygens (including phenoxy) is 1. The zero-order valence-electron chi connectivity index (χ0n) is 12.7. The van der Waals surface area contributed by atoms with E-state index < -0.39 is 18.5 Å². The number of rotatable bonds is 4. The first kappa shape index (κ1) is 17.2. The van der Waals surface area contributed by atoms with Crippen LogP contribution >= 0.6 is 23.4 Å². The quantitative estimate of drug-likeness (QED) is 0.627. The summed E-state index contributed by atoms with van der Waals surface area (Å²) in [7, 11) is 0. The normalized spacial score (nSPS) is 12.8. The van der Waals surface area contributed by atoms with E-state index in [1.54, 1.807) is 24.3 Å². The number of carbonyl (C=O) groups excluding carboxylic acids is 3. The summed E-state index contributed by atoms with van der Waals surface area (Å²) in [6, 6.07) is 8.04. The lowest BCUT2D eigenvalue weighted by Gasteiger charge is -2.16. The maximum Gasteiger partial charge on any atom is 0.338 e. The minimum Gasteiger partial charge on any atom is -0.452 e. The standard InChI is InChI=1S/C16H12ClN3O4S/c17-15-10(2-1-5-18-15)19-13(21)7-24-16(23)9-3-4-12-11(6-9)20-14(22)8-25-12/h1-6H,7-8H2,(H,19,21)(H,20,22). The Labute approximate surface area is 152 Å². The Hall–Kier alpha value is -2.58. The van der Waals surface area contributed by atoms with Gasteiger partial charge in [0, 0.05) is 11.1 Å². The predicted octanol–water partition coefficient (Wildman–Crippen LogP) is 2.57. The number of fused-ring (bicyclic) bond motifs is 1. The van der Waals surface area contributed by atoms with Gasteiger partial charge in [-0.15, -0.1) is 11.8 Å². The minimum atomic E-state index is -0.667. The van der Waals surface area contributed by atoms with Crippen molar-refractivity contribution in [2.45, 2.75) is 4.90 Å². The Morgan fingerprint density at radius 2 is 2.20 bits per heavy atom. The fourth-order valence-corrected chi connectivity index (χ4v) is 3.05. The predicted molar refractivity (Wildman–Crippen MR) is 94.0 cm³/mol. The number of carbonyl (C=O) groups is 3. The number of anilines is 2. The van der Waals surface area contributed by atoms with Gasteiger partial charge in [-0.2, -0.15) is 0 Å². The Bertz CT molecular complexity index is 859. The van der Waals surface area contributed by atoms with Crippen LogP contribution in [0.5, 0.6) is 0 Å². The molecule has 0 unspecified atom stereocenters. The molecule has 2 aromatic rings. The summed E-state index contributed by atoms with van der Waals surface area (Å²) < 4.78 is 4.99. The highest BCUT2D eigenvalue weighted by molar-refractivity contribution is 8.00. The second-order valence-corrected chi connectivity index (χ2v) is 6.39. The van der Waals surface area contributed by atoms with E-state index in [4.69, 9.17) is 16.3 Å². The van der Waals surface area contributed by atoms with E-state index in [1.165, 1.54) is 24.0 Å². The van der Waals surface area contributed by atoms with Gasteiger partial charge in [-0.1, -0.05) is 11.6 Å². The Balaban J connectivity index is 1.59. The van der Waals surface area contributed by atoms with Gasteiger partial charge in [0.15, 0.2) is 11.8 Å². The number of amides is 2. The number of esters is 1. The summed E-state index contributed by atoms with van der Waals surface area (Å²) in [5.41, 5.74) is 1.13. The SMILES string of the molecule is O=C1CSc2ccc(C(=O)OCC(=O)Nc3cccnc3Cl)cc2N1.